The van der Waals surface area contributed by atoms with Crippen molar-refractivity contribution in [3.05, 3.63) is 33.3 Å². The minimum absolute atomic E-state index is 0.0271. The maximum atomic E-state index is 12.5. The van der Waals surface area contributed by atoms with E-state index in [4.69, 9.17) is 17.3 Å². The Balaban J connectivity index is 2.10. The van der Waals surface area contributed by atoms with E-state index in [2.05, 4.69) is 15.9 Å². The molecule has 19 heavy (non-hydrogen) atoms. The van der Waals surface area contributed by atoms with Gasteiger partial charge in [0.2, 0.25) is 0 Å². The summed E-state index contributed by atoms with van der Waals surface area (Å²) < 4.78 is 0.883. The number of carbonyl (C=O) groups is 1. The van der Waals surface area contributed by atoms with Crippen LogP contribution in [0.2, 0.25) is 5.02 Å². The molecule has 1 heterocycles. The molecule has 1 saturated heterocycles. The highest BCUT2D eigenvalue weighted by atomic mass is 79.9. The quantitative estimate of drug-likeness (QED) is 0.913. The molecule has 0 aromatic heterocycles. The van der Waals surface area contributed by atoms with Gasteiger partial charge in [0, 0.05) is 17.6 Å². The van der Waals surface area contributed by atoms with Crippen LogP contribution in [-0.4, -0.2) is 30.4 Å². The summed E-state index contributed by atoms with van der Waals surface area (Å²) in [5.41, 5.74) is 6.18. The first-order valence-corrected chi connectivity index (χ1v) is 7.73. The third-order valence-corrected chi connectivity index (χ3v) is 4.35. The summed E-state index contributed by atoms with van der Waals surface area (Å²) >= 11 is 9.49. The van der Waals surface area contributed by atoms with Crippen molar-refractivity contribution in [3.63, 3.8) is 0 Å². The van der Waals surface area contributed by atoms with Gasteiger partial charge in [-0.3, -0.25) is 4.79 Å². The summed E-state index contributed by atoms with van der Waals surface area (Å²) in [6.07, 6.45) is 3.19. The predicted octanol–water partition coefficient (Wildman–Crippen LogP) is 3.30. The lowest BCUT2D eigenvalue weighted by Gasteiger charge is -2.33. The van der Waals surface area contributed by atoms with Crippen LogP contribution < -0.4 is 5.73 Å². The second-order valence-electron chi connectivity index (χ2n) is 4.96. The van der Waals surface area contributed by atoms with Crippen LogP contribution in [0.1, 0.15) is 29.6 Å². The van der Waals surface area contributed by atoms with Gasteiger partial charge in [0.1, 0.15) is 0 Å². The minimum atomic E-state index is 0.0271. The van der Waals surface area contributed by atoms with Gasteiger partial charge >= 0.3 is 0 Å². The van der Waals surface area contributed by atoms with Gasteiger partial charge < -0.3 is 10.6 Å². The molecule has 1 aromatic carbocycles. The Labute approximate surface area is 127 Å². The van der Waals surface area contributed by atoms with Crippen LogP contribution >= 0.6 is 27.5 Å². The standard InChI is InChI=1S/C14H18BrClN2O/c15-11-3-4-12(13(16)8-11)14(19)18-7-1-2-10(9-18)5-6-17/h3-4,8,10H,1-2,5-7,9,17H2. The molecular formula is C14H18BrClN2O. The van der Waals surface area contributed by atoms with Crippen LogP contribution in [0.25, 0.3) is 0 Å². The Morgan fingerprint density at radius 2 is 2.32 bits per heavy atom. The number of rotatable bonds is 3. The third-order valence-electron chi connectivity index (χ3n) is 3.54. The van der Waals surface area contributed by atoms with Gasteiger partial charge in [-0.15, -0.1) is 0 Å². The minimum Gasteiger partial charge on any atom is -0.338 e. The molecule has 1 amide bonds. The van der Waals surface area contributed by atoms with Crippen molar-refractivity contribution in [2.24, 2.45) is 11.7 Å². The van der Waals surface area contributed by atoms with Crippen molar-refractivity contribution in [1.82, 2.24) is 4.90 Å². The van der Waals surface area contributed by atoms with Crippen LogP contribution in [-0.2, 0) is 0 Å². The normalized spacial score (nSPS) is 19.5. The fourth-order valence-corrected chi connectivity index (χ4v) is 3.31. The lowest BCUT2D eigenvalue weighted by Crippen LogP contribution is -2.40. The first-order valence-electron chi connectivity index (χ1n) is 6.56. The van der Waals surface area contributed by atoms with Gasteiger partial charge in [0.25, 0.3) is 5.91 Å². The van der Waals surface area contributed by atoms with Gasteiger partial charge in [0.05, 0.1) is 10.6 Å². The number of nitrogens with two attached hydrogens (primary N) is 1. The number of amides is 1. The van der Waals surface area contributed by atoms with Crippen molar-refractivity contribution in [3.8, 4) is 0 Å². The fourth-order valence-electron chi connectivity index (χ4n) is 2.55. The molecule has 1 aliphatic heterocycles. The van der Waals surface area contributed by atoms with E-state index in [1.807, 2.05) is 11.0 Å². The average Bonchev–Trinajstić information content (AvgIpc) is 2.39. The molecule has 0 radical (unpaired) electrons. The van der Waals surface area contributed by atoms with Crippen molar-refractivity contribution in [2.75, 3.05) is 19.6 Å². The molecular weight excluding hydrogens is 328 g/mol. The molecule has 0 saturated carbocycles. The monoisotopic (exact) mass is 344 g/mol. The van der Waals surface area contributed by atoms with E-state index in [1.165, 1.54) is 0 Å². The van der Waals surface area contributed by atoms with Crippen molar-refractivity contribution in [1.29, 1.82) is 0 Å². The Morgan fingerprint density at radius 1 is 1.53 bits per heavy atom. The zero-order valence-corrected chi connectivity index (χ0v) is 13.1. The van der Waals surface area contributed by atoms with Gasteiger partial charge in [-0.1, -0.05) is 27.5 Å². The molecule has 3 nitrogen and oxygen atoms in total. The van der Waals surface area contributed by atoms with E-state index in [0.717, 1.165) is 36.8 Å². The van der Waals surface area contributed by atoms with Gasteiger partial charge in [-0.2, -0.15) is 0 Å². The first kappa shape index (κ1) is 14.8. The molecule has 5 heteroatoms. The van der Waals surface area contributed by atoms with E-state index < -0.39 is 0 Å². The summed E-state index contributed by atoms with van der Waals surface area (Å²) in [6.45, 7) is 2.29. The van der Waals surface area contributed by atoms with Crippen LogP contribution in [0.5, 0.6) is 0 Å². The maximum absolute atomic E-state index is 12.5. The number of nitrogens with zero attached hydrogens (tertiary/aromatic N) is 1. The smallest absolute Gasteiger partial charge is 0.255 e. The van der Waals surface area contributed by atoms with Gasteiger partial charge in [-0.05, 0) is 49.9 Å². The number of piperidine rings is 1. The largest absolute Gasteiger partial charge is 0.338 e. The highest BCUT2D eigenvalue weighted by Crippen LogP contribution is 2.25. The molecule has 0 bridgehead atoms. The van der Waals surface area contributed by atoms with Crippen molar-refractivity contribution >= 4 is 33.4 Å². The van der Waals surface area contributed by atoms with E-state index in [0.29, 0.717) is 23.0 Å². The Hall–Kier alpha value is -0.580. The summed E-state index contributed by atoms with van der Waals surface area (Å²) in [5, 5.41) is 0.500. The Morgan fingerprint density at radius 3 is 3.00 bits per heavy atom. The summed E-state index contributed by atoms with van der Waals surface area (Å²) in [7, 11) is 0. The molecule has 1 atom stereocenters. The number of halogens is 2. The van der Waals surface area contributed by atoms with Crippen LogP contribution in [0, 0.1) is 5.92 Å². The molecule has 104 valence electrons. The van der Waals surface area contributed by atoms with Crippen molar-refractivity contribution < 1.29 is 4.79 Å². The van der Waals surface area contributed by atoms with Crippen molar-refractivity contribution in [2.45, 2.75) is 19.3 Å². The van der Waals surface area contributed by atoms with E-state index in [9.17, 15) is 4.79 Å². The number of hydrogen-bond acceptors (Lipinski definition) is 2. The maximum Gasteiger partial charge on any atom is 0.255 e. The number of benzene rings is 1. The van der Waals surface area contributed by atoms with Crippen LogP contribution in [0.15, 0.2) is 22.7 Å². The molecule has 0 spiro atoms. The molecule has 2 rings (SSSR count). The molecule has 1 aromatic rings. The molecule has 0 aliphatic carbocycles. The zero-order valence-electron chi connectivity index (χ0n) is 10.7. The second-order valence-corrected chi connectivity index (χ2v) is 6.28. The number of likely N-dealkylation sites (tertiary alicyclic amines) is 1. The number of carbonyl (C=O) groups excluding carboxylic acids is 1. The number of hydrogen-bond donors (Lipinski definition) is 1. The van der Waals surface area contributed by atoms with Gasteiger partial charge in [0.15, 0.2) is 0 Å². The lowest BCUT2D eigenvalue weighted by atomic mass is 9.94. The molecule has 1 unspecified atom stereocenters. The SMILES string of the molecule is NCCC1CCCN(C(=O)c2ccc(Br)cc2Cl)C1. The fraction of sp³-hybridized carbons (Fsp3) is 0.500. The molecule has 1 aliphatic rings. The highest BCUT2D eigenvalue weighted by molar-refractivity contribution is 9.10. The summed E-state index contributed by atoms with van der Waals surface area (Å²) in [6, 6.07) is 5.39. The highest BCUT2D eigenvalue weighted by Gasteiger charge is 2.25. The van der Waals surface area contributed by atoms with E-state index >= 15 is 0 Å². The lowest BCUT2D eigenvalue weighted by molar-refractivity contribution is 0.0669. The first-order chi connectivity index (χ1) is 9.11. The summed E-state index contributed by atoms with van der Waals surface area (Å²) in [5.74, 6) is 0.552. The zero-order chi connectivity index (χ0) is 13.8. The van der Waals surface area contributed by atoms with Crippen LogP contribution in [0.3, 0.4) is 0 Å². The van der Waals surface area contributed by atoms with E-state index in [1.54, 1.807) is 12.1 Å². The topological polar surface area (TPSA) is 46.3 Å². The third kappa shape index (κ3) is 3.71. The van der Waals surface area contributed by atoms with Crippen LogP contribution in [0.4, 0.5) is 0 Å². The van der Waals surface area contributed by atoms with E-state index in [-0.39, 0.29) is 5.91 Å². The Bertz CT molecular complexity index is 465. The average molecular weight is 346 g/mol. The predicted molar refractivity (Wildman–Crippen MR) is 81.5 cm³/mol. The van der Waals surface area contributed by atoms with Gasteiger partial charge in [-0.25, -0.2) is 0 Å². The summed E-state index contributed by atoms with van der Waals surface area (Å²) in [4.78, 5) is 14.4. The second kappa shape index (κ2) is 6.73. The molecule has 2 N–H and O–H groups in total. The Kier molecular flexibility index (Phi) is 5.25. The molecule has 1 fully saturated rings.